The van der Waals surface area contributed by atoms with Gasteiger partial charge in [-0.1, -0.05) is 12.1 Å². The zero-order valence-corrected chi connectivity index (χ0v) is 11.2. The van der Waals surface area contributed by atoms with E-state index in [2.05, 4.69) is 5.32 Å². The third-order valence-electron chi connectivity index (χ3n) is 3.49. The molecule has 2 rings (SSSR count). The highest BCUT2D eigenvalue weighted by atomic mass is 19.1. The molecule has 6 heteroatoms. The van der Waals surface area contributed by atoms with E-state index in [4.69, 9.17) is 5.11 Å². The smallest absolute Gasteiger partial charge is 0.317 e. The van der Waals surface area contributed by atoms with Gasteiger partial charge in [-0.2, -0.15) is 0 Å². The third kappa shape index (κ3) is 3.26. The number of likely N-dealkylation sites (tertiary alicyclic amines) is 1. The normalized spacial score (nSPS) is 18.1. The van der Waals surface area contributed by atoms with Crippen LogP contribution in [0.1, 0.15) is 17.5 Å². The van der Waals surface area contributed by atoms with E-state index < -0.39 is 11.9 Å². The van der Waals surface area contributed by atoms with Gasteiger partial charge in [0.2, 0.25) is 0 Å². The summed E-state index contributed by atoms with van der Waals surface area (Å²) in [6.07, 6.45) is 0.485. The van der Waals surface area contributed by atoms with E-state index in [1.54, 1.807) is 19.1 Å². The molecule has 1 aromatic rings. The number of hydrogen-bond donors (Lipinski definition) is 2. The number of nitrogens with one attached hydrogen (secondary N) is 1. The predicted octanol–water partition coefficient (Wildman–Crippen LogP) is 1.75. The quantitative estimate of drug-likeness (QED) is 0.886. The maximum Gasteiger partial charge on any atom is 0.317 e. The molecule has 0 bridgehead atoms. The molecular formula is C14H17FN2O3. The monoisotopic (exact) mass is 280 g/mol. The zero-order chi connectivity index (χ0) is 14.7. The van der Waals surface area contributed by atoms with E-state index in [0.29, 0.717) is 25.1 Å². The Morgan fingerprint density at radius 2 is 2.25 bits per heavy atom. The first-order valence-corrected chi connectivity index (χ1v) is 6.48. The second-order valence-electron chi connectivity index (χ2n) is 5.01. The number of nitrogens with zero attached hydrogens (tertiary/aromatic N) is 1. The van der Waals surface area contributed by atoms with Gasteiger partial charge in [0.1, 0.15) is 5.82 Å². The van der Waals surface area contributed by atoms with E-state index in [1.165, 1.54) is 11.0 Å². The molecule has 1 aliphatic rings. The number of aryl methyl sites for hydroxylation is 1. The zero-order valence-electron chi connectivity index (χ0n) is 11.2. The van der Waals surface area contributed by atoms with Crippen molar-refractivity contribution in [3.05, 3.63) is 35.1 Å². The molecule has 1 fully saturated rings. The third-order valence-corrected chi connectivity index (χ3v) is 3.49. The first-order chi connectivity index (χ1) is 9.47. The topological polar surface area (TPSA) is 69.6 Å². The highest BCUT2D eigenvalue weighted by molar-refractivity contribution is 5.77. The summed E-state index contributed by atoms with van der Waals surface area (Å²) >= 11 is 0. The number of halogens is 1. The molecule has 0 aliphatic carbocycles. The number of benzene rings is 1. The van der Waals surface area contributed by atoms with Gasteiger partial charge in [-0.3, -0.25) is 4.79 Å². The molecule has 1 aliphatic heterocycles. The number of aliphatic carboxylic acids is 1. The minimum atomic E-state index is -0.866. The average molecular weight is 280 g/mol. The number of rotatable bonds is 3. The fourth-order valence-corrected chi connectivity index (χ4v) is 2.25. The molecular weight excluding hydrogens is 263 g/mol. The minimum absolute atomic E-state index is 0.240. The summed E-state index contributed by atoms with van der Waals surface area (Å²) in [5, 5.41) is 11.6. The predicted molar refractivity (Wildman–Crippen MR) is 70.7 cm³/mol. The lowest BCUT2D eigenvalue weighted by Gasteiger charge is -2.16. The van der Waals surface area contributed by atoms with Crippen molar-refractivity contribution in [1.82, 2.24) is 10.2 Å². The minimum Gasteiger partial charge on any atom is -0.481 e. The van der Waals surface area contributed by atoms with Crippen LogP contribution in [0.25, 0.3) is 0 Å². The Bertz CT molecular complexity index is 533. The van der Waals surface area contributed by atoms with Crippen molar-refractivity contribution in [2.24, 2.45) is 5.92 Å². The van der Waals surface area contributed by atoms with Gasteiger partial charge in [0.15, 0.2) is 0 Å². The standard InChI is InChI=1S/C14H17FN2O3/c1-9-6-10(2-3-12(9)15)7-16-14(20)17-5-4-11(8-17)13(18)19/h2-3,6,11H,4-5,7-8H2,1H3,(H,16,20)(H,18,19). The molecule has 5 nitrogen and oxygen atoms in total. The lowest BCUT2D eigenvalue weighted by atomic mass is 10.1. The van der Waals surface area contributed by atoms with Crippen molar-refractivity contribution in [3.8, 4) is 0 Å². The maximum absolute atomic E-state index is 13.1. The van der Waals surface area contributed by atoms with Crippen LogP contribution in [0.3, 0.4) is 0 Å². The first-order valence-electron chi connectivity index (χ1n) is 6.48. The summed E-state index contributed by atoms with van der Waals surface area (Å²) < 4.78 is 13.1. The fraction of sp³-hybridized carbons (Fsp3) is 0.429. The summed E-state index contributed by atoms with van der Waals surface area (Å²) in [6.45, 7) is 2.65. The van der Waals surface area contributed by atoms with E-state index >= 15 is 0 Å². The van der Waals surface area contributed by atoms with Gasteiger partial charge in [-0.15, -0.1) is 0 Å². The van der Waals surface area contributed by atoms with Crippen LogP contribution in [-0.2, 0) is 11.3 Å². The number of carbonyl (C=O) groups is 2. The van der Waals surface area contributed by atoms with E-state index in [1.807, 2.05) is 0 Å². The summed E-state index contributed by atoms with van der Waals surface area (Å²) in [4.78, 5) is 24.2. The van der Waals surface area contributed by atoms with Crippen LogP contribution >= 0.6 is 0 Å². The van der Waals surface area contributed by atoms with Gasteiger partial charge < -0.3 is 15.3 Å². The van der Waals surface area contributed by atoms with Gasteiger partial charge in [0.05, 0.1) is 5.92 Å². The SMILES string of the molecule is Cc1cc(CNC(=O)N2CCC(C(=O)O)C2)ccc1F. The molecule has 1 atom stereocenters. The molecule has 1 unspecified atom stereocenters. The summed E-state index contributed by atoms with van der Waals surface area (Å²) in [7, 11) is 0. The van der Waals surface area contributed by atoms with Gasteiger partial charge in [-0.05, 0) is 30.5 Å². The Balaban J connectivity index is 1.86. The molecule has 1 aromatic carbocycles. The van der Waals surface area contributed by atoms with Crippen molar-refractivity contribution in [2.75, 3.05) is 13.1 Å². The molecule has 0 aromatic heterocycles. The molecule has 0 radical (unpaired) electrons. The van der Waals surface area contributed by atoms with Gasteiger partial charge >= 0.3 is 12.0 Å². The highest BCUT2D eigenvalue weighted by Crippen LogP contribution is 2.16. The Hall–Kier alpha value is -2.11. The largest absolute Gasteiger partial charge is 0.481 e. The Labute approximate surface area is 116 Å². The van der Waals surface area contributed by atoms with Gasteiger partial charge in [0, 0.05) is 19.6 Å². The van der Waals surface area contributed by atoms with Crippen molar-refractivity contribution in [2.45, 2.75) is 19.9 Å². The van der Waals surface area contributed by atoms with E-state index in [9.17, 15) is 14.0 Å². The highest BCUT2D eigenvalue weighted by Gasteiger charge is 2.30. The fourth-order valence-electron chi connectivity index (χ4n) is 2.25. The van der Waals surface area contributed by atoms with Crippen LogP contribution in [0.5, 0.6) is 0 Å². The van der Waals surface area contributed by atoms with Gasteiger partial charge in [0.25, 0.3) is 0 Å². The van der Waals surface area contributed by atoms with Crippen LogP contribution in [-0.4, -0.2) is 35.1 Å². The van der Waals surface area contributed by atoms with Crippen LogP contribution in [0, 0.1) is 18.7 Å². The molecule has 2 N–H and O–H groups in total. The molecule has 2 amide bonds. The lowest BCUT2D eigenvalue weighted by molar-refractivity contribution is -0.141. The van der Waals surface area contributed by atoms with Crippen LogP contribution < -0.4 is 5.32 Å². The number of carboxylic acid groups (broad SMARTS) is 1. The van der Waals surface area contributed by atoms with Crippen LogP contribution in [0.2, 0.25) is 0 Å². The number of carboxylic acids is 1. The molecule has 0 saturated carbocycles. The van der Waals surface area contributed by atoms with Crippen molar-refractivity contribution in [1.29, 1.82) is 0 Å². The Morgan fingerprint density at radius 1 is 1.50 bits per heavy atom. The van der Waals surface area contributed by atoms with Crippen molar-refractivity contribution in [3.63, 3.8) is 0 Å². The lowest BCUT2D eigenvalue weighted by Crippen LogP contribution is -2.38. The number of urea groups is 1. The average Bonchev–Trinajstić information content (AvgIpc) is 2.89. The number of hydrogen-bond acceptors (Lipinski definition) is 2. The second-order valence-corrected chi connectivity index (χ2v) is 5.01. The number of carbonyl (C=O) groups excluding carboxylic acids is 1. The second kappa shape index (κ2) is 5.90. The van der Waals surface area contributed by atoms with Crippen molar-refractivity contribution >= 4 is 12.0 Å². The van der Waals surface area contributed by atoms with E-state index in [0.717, 1.165) is 5.56 Å². The van der Waals surface area contributed by atoms with Crippen LogP contribution in [0.4, 0.5) is 9.18 Å². The molecule has 20 heavy (non-hydrogen) atoms. The molecule has 1 saturated heterocycles. The van der Waals surface area contributed by atoms with Gasteiger partial charge in [-0.25, -0.2) is 9.18 Å². The Kier molecular flexibility index (Phi) is 4.22. The van der Waals surface area contributed by atoms with E-state index in [-0.39, 0.29) is 18.4 Å². The number of amides is 2. The summed E-state index contributed by atoms with van der Waals surface area (Å²) in [5.41, 5.74) is 1.34. The van der Waals surface area contributed by atoms with Crippen LogP contribution in [0.15, 0.2) is 18.2 Å². The first kappa shape index (κ1) is 14.3. The summed E-state index contributed by atoms with van der Waals surface area (Å²) in [5.74, 6) is -1.62. The molecule has 1 heterocycles. The molecule has 0 spiro atoms. The van der Waals surface area contributed by atoms with Crippen molar-refractivity contribution < 1.29 is 19.1 Å². The Morgan fingerprint density at radius 3 is 2.85 bits per heavy atom. The summed E-state index contributed by atoms with van der Waals surface area (Å²) in [6, 6.07) is 4.38. The molecule has 108 valence electrons. The maximum atomic E-state index is 13.1.